The number of nitrogens with two attached hydrogens (primary N) is 1. The van der Waals surface area contributed by atoms with E-state index in [1.54, 1.807) is 24.4 Å². The van der Waals surface area contributed by atoms with Crippen molar-refractivity contribution in [3.05, 3.63) is 54.1 Å². The fraction of sp³-hybridized carbons (Fsp3) is 0.250. The van der Waals surface area contributed by atoms with E-state index in [1.807, 2.05) is 0 Å². The van der Waals surface area contributed by atoms with Crippen LogP contribution in [0.1, 0.15) is 18.4 Å². The number of nitrogens with zero attached hydrogens (tertiary/aromatic N) is 1. The Morgan fingerprint density at radius 2 is 2.08 bits per heavy atom. The van der Waals surface area contributed by atoms with Crippen LogP contribution in [0.4, 0.5) is 4.39 Å². The third kappa shape index (κ3) is 4.80. The summed E-state index contributed by atoms with van der Waals surface area (Å²) in [6, 6.07) is 7.96. The highest BCUT2D eigenvalue weighted by molar-refractivity contribution is 5.88. The standard InChI is InChI=1S/C16H16FN3O2.2ClH/c17-13-8-11(9-20-15(21)16(18)5-6-16)3-4-14(13)22-12-2-1-7-19-10-12;;/h1-4,7-8,10H,5-6,9,18H2,(H,20,21);2*1H. The Hall–Kier alpha value is -1.89. The van der Waals surface area contributed by atoms with Crippen LogP contribution in [-0.2, 0) is 11.3 Å². The first-order valence-electron chi connectivity index (χ1n) is 7.00. The SMILES string of the molecule is Cl.Cl.NC1(C(=O)NCc2ccc(Oc3cccnc3)c(F)c2)CC1. The van der Waals surface area contributed by atoms with Crippen molar-refractivity contribution in [2.75, 3.05) is 0 Å². The van der Waals surface area contributed by atoms with Gasteiger partial charge in [-0.1, -0.05) is 6.07 Å². The minimum atomic E-state index is -0.720. The van der Waals surface area contributed by atoms with Gasteiger partial charge in [0.25, 0.3) is 0 Å². The summed E-state index contributed by atoms with van der Waals surface area (Å²) in [5.74, 6) is -0.116. The van der Waals surface area contributed by atoms with Crippen molar-refractivity contribution in [2.24, 2.45) is 5.73 Å². The molecule has 0 unspecified atom stereocenters. The van der Waals surface area contributed by atoms with E-state index in [-0.39, 0.29) is 43.0 Å². The maximum Gasteiger partial charge on any atom is 0.240 e. The van der Waals surface area contributed by atoms with Crippen LogP contribution in [-0.4, -0.2) is 16.4 Å². The van der Waals surface area contributed by atoms with Gasteiger partial charge in [-0.15, -0.1) is 24.8 Å². The van der Waals surface area contributed by atoms with E-state index in [4.69, 9.17) is 10.5 Å². The molecule has 1 aromatic heterocycles. The maximum atomic E-state index is 14.0. The molecular weight excluding hydrogens is 356 g/mol. The molecule has 0 aliphatic heterocycles. The van der Waals surface area contributed by atoms with Gasteiger partial charge in [-0.05, 0) is 42.7 Å². The van der Waals surface area contributed by atoms with E-state index in [9.17, 15) is 9.18 Å². The van der Waals surface area contributed by atoms with Crippen LogP contribution in [0.3, 0.4) is 0 Å². The Morgan fingerprint density at radius 1 is 1.33 bits per heavy atom. The van der Waals surface area contributed by atoms with Crippen LogP contribution >= 0.6 is 24.8 Å². The summed E-state index contributed by atoms with van der Waals surface area (Å²) in [7, 11) is 0. The molecule has 1 aliphatic rings. The number of aromatic nitrogens is 1. The van der Waals surface area contributed by atoms with Gasteiger partial charge in [-0.2, -0.15) is 0 Å². The third-order valence-corrected chi connectivity index (χ3v) is 3.55. The molecule has 1 heterocycles. The second-order valence-corrected chi connectivity index (χ2v) is 5.39. The normalized spacial score (nSPS) is 13.9. The number of ether oxygens (including phenoxy) is 1. The van der Waals surface area contributed by atoms with E-state index in [2.05, 4.69) is 10.3 Å². The summed E-state index contributed by atoms with van der Waals surface area (Å²) in [4.78, 5) is 15.6. The van der Waals surface area contributed by atoms with Gasteiger partial charge in [0.2, 0.25) is 5.91 Å². The van der Waals surface area contributed by atoms with Crippen LogP contribution in [0.5, 0.6) is 11.5 Å². The highest BCUT2D eigenvalue weighted by atomic mass is 35.5. The Morgan fingerprint density at radius 3 is 2.67 bits per heavy atom. The van der Waals surface area contributed by atoms with Gasteiger partial charge in [0.05, 0.1) is 11.7 Å². The molecule has 1 aliphatic carbocycles. The minimum Gasteiger partial charge on any atom is -0.453 e. The summed E-state index contributed by atoms with van der Waals surface area (Å²) in [6.45, 7) is 0.238. The largest absolute Gasteiger partial charge is 0.453 e. The topological polar surface area (TPSA) is 77.2 Å². The van der Waals surface area contributed by atoms with Gasteiger partial charge < -0.3 is 15.8 Å². The number of rotatable bonds is 5. The molecule has 3 rings (SSSR count). The molecule has 0 saturated heterocycles. The van der Waals surface area contributed by atoms with Gasteiger partial charge in [-0.3, -0.25) is 9.78 Å². The molecule has 1 amide bonds. The number of carbonyl (C=O) groups excluding carboxylic acids is 1. The number of hydrogen-bond donors (Lipinski definition) is 2. The number of benzene rings is 1. The van der Waals surface area contributed by atoms with E-state index >= 15 is 0 Å². The first-order chi connectivity index (χ1) is 10.6. The molecule has 24 heavy (non-hydrogen) atoms. The van der Waals surface area contributed by atoms with E-state index < -0.39 is 11.4 Å². The van der Waals surface area contributed by atoms with Crippen molar-refractivity contribution < 1.29 is 13.9 Å². The molecule has 0 atom stereocenters. The molecule has 0 radical (unpaired) electrons. The zero-order valence-electron chi connectivity index (χ0n) is 12.7. The molecule has 0 bridgehead atoms. The lowest BCUT2D eigenvalue weighted by Crippen LogP contribution is -2.42. The molecule has 3 N–H and O–H groups in total. The monoisotopic (exact) mass is 373 g/mol. The molecule has 0 spiro atoms. The summed E-state index contributed by atoms with van der Waals surface area (Å²) >= 11 is 0. The van der Waals surface area contributed by atoms with Crippen molar-refractivity contribution in [2.45, 2.75) is 24.9 Å². The second kappa shape index (κ2) is 8.28. The summed E-state index contributed by atoms with van der Waals surface area (Å²) < 4.78 is 19.4. The van der Waals surface area contributed by atoms with E-state index in [1.165, 1.54) is 18.3 Å². The Kier molecular flexibility index (Phi) is 6.95. The predicted octanol–water partition coefficient (Wildman–Crippen LogP) is 2.96. The molecule has 8 heteroatoms. The molecule has 1 fully saturated rings. The second-order valence-electron chi connectivity index (χ2n) is 5.39. The average Bonchev–Trinajstić information content (AvgIpc) is 3.27. The summed E-state index contributed by atoms with van der Waals surface area (Å²) in [5, 5.41) is 2.72. The molecule has 2 aromatic rings. The summed E-state index contributed by atoms with van der Waals surface area (Å²) in [6.07, 6.45) is 4.51. The molecule has 130 valence electrons. The average molecular weight is 374 g/mol. The molecule has 1 saturated carbocycles. The quantitative estimate of drug-likeness (QED) is 0.844. The lowest BCUT2D eigenvalue weighted by molar-refractivity contribution is -0.123. The van der Waals surface area contributed by atoms with Crippen LogP contribution in [0.15, 0.2) is 42.7 Å². The Labute approximate surface area is 151 Å². The number of pyridine rings is 1. The number of amides is 1. The number of hydrogen-bond acceptors (Lipinski definition) is 4. The van der Waals surface area contributed by atoms with Crippen molar-refractivity contribution >= 4 is 30.7 Å². The zero-order valence-corrected chi connectivity index (χ0v) is 14.3. The number of halogens is 3. The molecule has 1 aromatic carbocycles. The Bertz CT molecular complexity index is 697. The fourth-order valence-electron chi connectivity index (χ4n) is 1.99. The highest BCUT2D eigenvalue weighted by Gasteiger charge is 2.45. The van der Waals surface area contributed by atoms with Crippen LogP contribution < -0.4 is 15.8 Å². The van der Waals surface area contributed by atoms with Gasteiger partial charge in [-0.25, -0.2) is 4.39 Å². The lowest BCUT2D eigenvalue weighted by atomic mass is 10.2. The Balaban J connectivity index is 0.00000144. The smallest absolute Gasteiger partial charge is 0.240 e. The van der Waals surface area contributed by atoms with Crippen LogP contribution in [0.25, 0.3) is 0 Å². The maximum absolute atomic E-state index is 14.0. The van der Waals surface area contributed by atoms with E-state index in [0.29, 0.717) is 24.2 Å². The van der Waals surface area contributed by atoms with Gasteiger partial charge >= 0.3 is 0 Å². The first kappa shape index (κ1) is 20.2. The third-order valence-electron chi connectivity index (χ3n) is 3.55. The fourth-order valence-corrected chi connectivity index (χ4v) is 1.99. The minimum absolute atomic E-state index is 0. The summed E-state index contributed by atoms with van der Waals surface area (Å²) in [5.41, 5.74) is 5.71. The number of carbonyl (C=O) groups is 1. The van der Waals surface area contributed by atoms with Crippen molar-refractivity contribution in [1.82, 2.24) is 10.3 Å². The van der Waals surface area contributed by atoms with Crippen molar-refractivity contribution in [3.63, 3.8) is 0 Å². The van der Waals surface area contributed by atoms with Gasteiger partial charge in [0, 0.05) is 12.7 Å². The first-order valence-corrected chi connectivity index (χ1v) is 7.00. The van der Waals surface area contributed by atoms with Gasteiger partial charge in [0.15, 0.2) is 11.6 Å². The molecular formula is C16H18Cl2FN3O2. The van der Waals surface area contributed by atoms with Crippen LogP contribution in [0.2, 0.25) is 0 Å². The van der Waals surface area contributed by atoms with E-state index in [0.717, 1.165) is 0 Å². The van der Waals surface area contributed by atoms with Crippen molar-refractivity contribution in [3.8, 4) is 11.5 Å². The highest BCUT2D eigenvalue weighted by Crippen LogP contribution is 2.32. The zero-order chi connectivity index (χ0) is 15.6. The number of nitrogens with one attached hydrogen (secondary N) is 1. The van der Waals surface area contributed by atoms with Gasteiger partial charge in [0.1, 0.15) is 5.75 Å². The lowest BCUT2D eigenvalue weighted by Gasteiger charge is -2.11. The predicted molar refractivity (Wildman–Crippen MR) is 93.2 cm³/mol. The van der Waals surface area contributed by atoms with Crippen molar-refractivity contribution in [1.29, 1.82) is 0 Å². The van der Waals surface area contributed by atoms with Crippen LogP contribution in [0, 0.1) is 5.82 Å². The molecule has 5 nitrogen and oxygen atoms in total.